The van der Waals surface area contributed by atoms with Crippen molar-refractivity contribution in [3.8, 4) is 0 Å². The van der Waals surface area contributed by atoms with E-state index in [0.717, 1.165) is 25.9 Å². The Kier molecular flexibility index (Phi) is 6.00. The van der Waals surface area contributed by atoms with Gasteiger partial charge in [-0.1, -0.05) is 20.8 Å². The summed E-state index contributed by atoms with van der Waals surface area (Å²) in [5.74, 6) is 0.210. The van der Waals surface area contributed by atoms with Gasteiger partial charge >= 0.3 is 0 Å². The van der Waals surface area contributed by atoms with Crippen molar-refractivity contribution < 1.29 is 9.53 Å². The van der Waals surface area contributed by atoms with E-state index >= 15 is 0 Å². The quantitative estimate of drug-likeness (QED) is 0.740. The average Bonchev–Trinajstić information content (AvgIpc) is 2.53. The van der Waals surface area contributed by atoms with Crippen molar-refractivity contribution in [1.82, 2.24) is 20.6 Å². The summed E-state index contributed by atoms with van der Waals surface area (Å²) in [7, 11) is 1.68. The van der Waals surface area contributed by atoms with E-state index in [2.05, 4.69) is 20.6 Å². The lowest BCUT2D eigenvalue weighted by Gasteiger charge is -2.37. The molecule has 1 aliphatic rings. The molecule has 1 fully saturated rings. The SMILES string of the molecule is COCC1(CNC(=O)c2c(C)nc(C(C)(C)C)[nH]c2=O)CCNCC1. The number of methoxy groups -OCH3 is 1. The Labute approximate surface area is 149 Å². The molecule has 1 amide bonds. The lowest BCUT2D eigenvalue weighted by atomic mass is 9.79. The fourth-order valence-electron chi connectivity index (χ4n) is 3.20. The molecule has 1 aromatic heterocycles. The van der Waals surface area contributed by atoms with E-state index in [4.69, 9.17) is 4.74 Å². The highest BCUT2D eigenvalue weighted by molar-refractivity contribution is 5.94. The number of aryl methyl sites for hydroxylation is 1. The van der Waals surface area contributed by atoms with Crippen LogP contribution in [0.25, 0.3) is 0 Å². The van der Waals surface area contributed by atoms with Crippen LogP contribution in [0.2, 0.25) is 0 Å². The Hall–Kier alpha value is -1.73. The standard InChI is InChI=1S/C18H30N4O3/c1-12-13(15(24)22-16(21-12)17(2,3)4)14(23)20-10-18(11-25-5)6-8-19-9-7-18/h19H,6-11H2,1-5H3,(H,20,23)(H,21,22,24). The molecule has 0 unspecified atom stereocenters. The highest BCUT2D eigenvalue weighted by atomic mass is 16.5. The Bertz CT molecular complexity index is 664. The first-order valence-corrected chi connectivity index (χ1v) is 8.78. The molecule has 7 heteroatoms. The fraction of sp³-hybridized carbons (Fsp3) is 0.722. The summed E-state index contributed by atoms with van der Waals surface area (Å²) < 4.78 is 5.36. The van der Waals surface area contributed by atoms with Gasteiger partial charge in [0.1, 0.15) is 11.4 Å². The number of hydrogen-bond donors (Lipinski definition) is 3. The molecule has 0 bridgehead atoms. The summed E-state index contributed by atoms with van der Waals surface area (Å²) in [5.41, 5.74) is -0.209. The summed E-state index contributed by atoms with van der Waals surface area (Å²) in [5, 5.41) is 6.25. The van der Waals surface area contributed by atoms with Gasteiger partial charge in [0.25, 0.3) is 11.5 Å². The second-order valence-electron chi connectivity index (χ2n) is 7.99. The van der Waals surface area contributed by atoms with Crippen LogP contribution >= 0.6 is 0 Å². The first-order valence-electron chi connectivity index (χ1n) is 8.78. The van der Waals surface area contributed by atoms with Gasteiger partial charge in [0.05, 0.1) is 12.3 Å². The minimum Gasteiger partial charge on any atom is -0.384 e. The number of carbonyl (C=O) groups excluding carboxylic acids is 1. The van der Waals surface area contributed by atoms with Crippen molar-refractivity contribution in [2.24, 2.45) is 5.41 Å². The molecule has 1 saturated heterocycles. The van der Waals surface area contributed by atoms with Gasteiger partial charge in [-0.2, -0.15) is 0 Å². The summed E-state index contributed by atoms with van der Waals surface area (Å²) in [6.07, 6.45) is 1.86. The smallest absolute Gasteiger partial charge is 0.264 e. The molecule has 2 heterocycles. The largest absolute Gasteiger partial charge is 0.384 e. The van der Waals surface area contributed by atoms with Gasteiger partial charge in [0.2, 0.25) is 0 Å². The zero-order valence-corrected chi connectivity index (χ0v) is 15.9. The summed E-state index contributed by atoms with van der Waals surface area (Å²) in [6, 6.07) is 0. The molecule has 2 rings (SSSR count). The minimum absolute atomic E-state index is 0.0882. The van der Waals surface area contributed by atoms with Crippen LogP contribution in [0.4, 0.5) is 0 Å². The number of rotatable bonds is 5. The molecule has 3 N–H and O–H groups in total. The highest BCUT2D eigenvalue weighted by Crippen LogP contribution is 2.28. The van der Waals surface area contributed by atoms with Gasteiger partial charge in [0, 0.05) is 24.5 Å². The molecule has 0 aliphatic carbocycles. The maximum Gasteiger partial charge on any atom is 0.264 e. The van der Waals surface area contributed by atoms with E-state index in [1.807, 2.05) is 20.8 Å². The lowest BCUT2D eigenvalue weighted by Crippen LogP contribution is -2.48. The number of amides is 1. The van der Waals surface area contributed by atoms with E-state index in [-0.39, 0.29) is 27.9 Å². The number of carbonyl (C=O) groups is 1. The fourth-order valence-corrected chi connectivity index (χ4v) is 3.20. The molecule has 0 spiro atoms. The van der Waals surface area contributed by atoms with Crippen LogP contribution in [0.15, 0.2) is 4.79 Å². The maximum atomic E-state index is 12.6. The minimum atomic E-state index is -0.388. The molecular weight excluding hydrogens is 320 g/mol. The first-order chi connectivity index (χ1) is 11.7. The van der Waals surface area contributed by atoms with Gasteiger partial charge in [-0.05, 0) is 32.9 Å². The Morgan fingerprint density at radius 3 is 2.48 bits per heavy atom. The van der Waals surface area contributed by atoms with Gasteiger partial charge in [-0.15, -0.1) is 0 Å². The van der Waals surface area contributed by atoms with Gasteiger partial charge in [-0.3, -0.25) is 9.59 Å². The number of H-pyrrole nitrogens is 1. The second-order valence-corrected chi connectivity index (χ2v) is 7.99. The number of aromatic amines is 1. The van der Waals surface area contributed by atoms with Crippen molar-refractivity contribution in [2.75, 3.05) is 33.4 Å². The third kappa shape index (κ3) is 4.67. The third-order valence-electron chi connectivity index (χ3n) is 4.78. The topological polar surface area (TPSA) is 96.1 Å². The van der Waals surface area contributed by atoms with Gasteiger partial charge in [-0.25, -0.2) is 4.98 Å². The monoisotopic (exact) mass is 350 g/mol. The summed E-state index contributed by atoms with van der Waals surface area (Å²) in [4.78, 5) is 32.2. The molecule has 7 nitrogen and oxygen atoms in total. The number of nitrogens with one attached hydrogen (secondary N) is 3. The number of ether oxygens (including phenoxy) is 1. The third-order valence-corrected chi connectivity index (χ3v) is 4.78. The molecule has 1 aromatic rings. The van der Waals surface area contributed by atoms with Crippen LogP contribution in [-0.4, -0.2) is 49.2 Å². The van der Waals surface area contributed by atoms with Crippen molar-refractivity contribution in [2.45, 2.75) is 46.0 Å². The van der Waals surface area contributed by atoms with Crippen LogP contribution in [0.1, 0.15) is 55.5 Å². The van der Waals surface area contributed by atoms with E-state index in [1.54, 1.807) is 14.0 Å². The van der Waals surface area contributed by atoms with Crippen molar-refractivity contribution in [1.29, 1.82) is 0 Å². The van der Waals surface area contributed by atoms with Crippen LogP contribution < -0.4 is 16.2 Å². The first kappa shape index (κ1) is 19.6. The predicted molar refractivity (Wildman–Crippen MR) is 97.0 cm³/mol. The predicted octanol–water partition coefficient (Wildman–Crippen LogP) is 1.12. The van der Waals surface area contributed by atoms with Gasteiger partial charge < -0.3 is 20.4 Å². The van der Waals surface area contributed by atoms with Crippen LogP contribution in [0.5, 0.6) is 0 Å². The molecule has 0 saturated carbocycles. The number of hydrogen-bond acceptors (Lipinski definition) is 5. The highest BCUT2D eigenvalue weighted by Gasteiger charge is 2.33. The molecule has 140 valence electrons. The number of piperidine rings is 1. The number of aromatic nitrogens is 2. The molecule has 0 aromatic carbocycles. The summed E-state index contributed by atoms with van der Waals surface area (Å²) in [6.45, 7) is 10.5. The average molecular weight is 350 g/mol. The zero-order valence-electron chi connectivity index (χ0n) is 15.9. The molecule has 0 atom stereocenters. The van der Waals surface area contributed by atoms with Crippen LogP contribution in [-0.2, 0) is 10.2 Å². The Balaban J connectivity index is 2.16. The van der Waals surface area contributed by atoms with E-state index in [1.165, 1.54) is 0 Å². The number of nitrogens with zero attached hydrogens (tertiary/aromatic N) is 1. The Morgan fingerprint density at radius 1 is 1.32 bits per heavy atom. The van der Waals surface area contributed by atoms with Crippen LogP contribution in [0, 0.1) is 12.3 Å². The zero-order chi connectivity index (χ0) is 18.7. The maximum absolute atomic E-state index is 12.6. The van der Waals surface area contributed by atoms with Crippen molar-refractivity contribution in [3.63, 3.8) is 0 Å². The molecular formula is C18H30N4O3. The lowest BCUT2D eigenvalue weighted by molar-refractivity contribution is 0.0511. The Morgan fingerprint density at radius 2 is 1.96 bits per heavy atom. The summed E-state index contributed by atoms with van der Waals surface area (Å²) >= 11 is 0. The normalized spacial score (nSPS) is 17.3. The molecule has 25 heavy (non-hydrogen) atoms. The van der Waals surface area contributed by atoms with Crippen molar-refractivity contribution >= 4 is 5.91 Å². The van der Waals surface area contributed by atoms with Crippen molar-refractivity contribution in [3.05, 3.63) is 27.4 Å². The van der Waals surface area contributed by atoms with Gasteiger partial charge in [0.15, 0.2) is 0 Å². The second kappa shape index (κ2) is 7.66. The van der Waals surface area contributed by atoms with Crippen LogP contribution in [0.3, 0.4) is 0 Å². The van der Waals surface area contributed by atoms with E-state index in [0.29, 0.717) is 24.7 Å². The van der Waals surface area contributed by atoms with E-state index in [9.17, 15) is 9.59 Å². The van der Waals surface area contributed by atoms with E-state index < -0.39 is 0 Å². The molecule has 1 aliphatic heterocycles. The molecule has 0 radical (unpaired) electrons.